The van der Waals surface area contributed by atoms with E-state index in [2.05, 4.69) is 22.9 Å². The fourth-order valence-electron chi connectivity index (χ4n) is 1.92. The van der Waals surface area contributed by atoms with E-state index in [1.165, 1.54) is 12.1 Å². The van der Waals surface area contributed by atoms with Gasteiger partial charge in [-0.2, -0.15) is 0 Å². The van der Waals surface area contributed by atoms with Crippen LogP contribution in [0.5, 0.6) is 0 Å². The molecule has 0 saturated carbocycles. The predicted molar refractivity (Wildman–Crippen MR) is 79.8 cm³/mol. The molecule has 4 heteroatoms. The first-order chi connectivity index (χ1) is 8.97. The molecule has 0 aromatic heterocycles. The summed E-state index contributed by atoms with van der Waals surface area (Å²) in [6.45, 7) is 6.89. The van der Waals surface area contributed by atoms with E-state index in [4.69, 9.17) is 0 Å². The summed E-state index contributed by atoms with van der Waals surface area (Å²) in [5.74, 6) is -0.384. The molecule has 0 atom stereocenters. The highest BCUT2D eigenvalue weighted by Gasteiger charge is 2.19. The lowest BCUT2D eigenvalue weighted by atomic mass is 10.1. The molecule has 1 amide bonds. The molecule has 0 fully saturated rings. The van der Waals surface area contributed by atoms with Gasteiger partial charge in [-0.25, -0.2) is 4.39 Å². The zero-order chi connectivity index (χ0) is 14.4. The first-order valence-corrected chi connectivity index (χ1v) is 7.52. The van der Waals surface area contributed by atoms with Gasteiger partial charge in [0.05, 0.1) is 4.47 Å². The molecule has 0 unspecified atom stereocenters. The molecule has 0 aliphatic heterocycles. The molecule has 0 spiro atoms. The SMILES string of the molecule is CCCCCN(C(=O)c1ccc(F)c(Br)c1)C(C)C. The van der Waals surface area contributed by atoms with E-state index in [1.807, 2.05) is 18.7 Å². The van der Waals surface area contributed by atoms with Gasteiger partial charge in [0.1, 0.15) is 5.82 Å². The molecule has 1 aromatic rings. The van der Waals surface area contributed by atoms with Crippen LogP contribution in [-0.2, 0) is 0 Å². The zero-order valence-corrected chi connectivity index (χ0v) is 13.3. The fourth-order valence-corrected chi connectivity index (χ4v) is 2.30. The molecule has 2 nitrogen and oxygen atoms in total. The highest BCUT2D eigenvalue weighted by Crippen LogP contribution is 2.19. The third kappa shape index (κ3) is 4.60. The van der Waals surface area contributed by atoms with Crippen LogP contribution < -0.4 is 0 Å². The Balaban J connectivity index is 2.83. The minimum atomic E-state index is -0.348. The molecular formula is C15H21BrFNO. The zero-order valence-electron chi connectivity index (χ0n) is 11.7. The molecule has 1 aromatic carbocycles. The highest BCUT2D eigenvalue weighted by atomic mass is 79.9. The monoisotopic (exact) mass is 329 g/mol. The summed E-state index contributed by atoms with van der Waals surface area (Å²) in [4.78, 5) is 14.3. The Kier molecular flexibility index (Phi) is 6.49. The van der Waals surface area contributed by atoms with Crippen molar-refractivity contribution in [1.29, 1.82) is 0 Å². The Hall–Kier alpha value is -0.900. The second-order valence-corrected chi connectivity index (χ2v) is 5.78. The molecule has 19 heavy (non-hydrogen) atoms. The van der Waals surface area contributed by atoms with Crippen molar-refractivity contribution in [3.05, 3.63) is 34.1 Å². The van der Waals surface area contributed by atoms with E-state index < -0.39 is 0 Å². The van der Waals surface area contributed by atoms with Gasteiger partial charge in [-0.1, -0.05) is 19.8 Å². The number of unbranched alkanes of at least 4 members (excludes halogenated alkanes) is 2. The van der Waals surface area contributed by atoms with E-state index in [9.17, 15) is 9.18 Å². The summed E-state index contributed by atoms with van der Waals surface area (Å²) in [5.41, 5.74) is 0.526. The smallest absolute Gasteiger partial charge is 0.254 e. The van der Waals surface area contributed by atoms with Gasteiger partial charge in [-0.3, -0.25) is 4.79 Å². The van der Waals surface area contributed by atoms with Crippen LogP contribution in [0.3, 0.4) is 0 Å². The third-order valence-corrected chi connectivity index (χ3v) is 3.66. The first kappa shape index (κ1) is 16.2. The lowest BCUT2D eigenvalue weighted by Gasteiger charge is -2.27. The maximum absolute atomic E-state index is 13.2. The van der Waals surface area contributed by atoms with Crippen LogP contribution in [0.15, 0.2) is 22.7 Å². The number of carbonyl (C=O) groups excluding carboxylic acids is 1. The summed E-state index contributed by atoms with van der Waals surface area (Å²) in [7, 11) is 0. The maximum atomic E-state index is 13.2. The molecule has 0 bridgehead atoms. The largest absolute Gasteiger partial charge is 0.336 e. The van der Waals surface area contributed by atoms with Crippen molar-refractivity contribution in [2.24, 2.45) is 0 Å². The van der Waals surface area contributed by atoms with Crippen molar-refractivity contribution in [2.75, 3.05) is 6.54 Å². The lowest BCUT2D eigenvalue weighted by molar-refractivity contribution is 0.0702. The van der Waals surface area contributed by atoms with Gasteiger partial charge >= 0.3 is 0 Å². The summed E-state index contributed by atoms with van der Waals surface area (Å²) >= 11 is 3.12. The Morgan fingerprint density at radius 3 is 2.58 bits per heavy atom. The standard InChI is InChI=1S/C15H21BrFNO/c1-4-5-6-9-18(11(2)3)15(19)12-7-8-14(17)13(16)10-12/h7-8,10-11H,4-6,9H2,1-3H3. The summed E-state index contributed by atoms with van der Waals surface area (Å²) in [6.07, 6.45) is 3.24. The number of nitrogens with zero attached hydrogens (tertiary/aromatic N) is 1. The average Bonchev–Trinajstić information content (AvgIpc) is 2.37. The molecule has 106 valence electrons. The van der Waals surface area contributed by atoms with Gasteiger partial charge in [0.15, 0.2) is 0 Å². The van der Waals surface area contributed by atoms with Gasteiger partial charge in [0, 0.05) is 18.2 Å². The molecule has 0 radical (unpaired) electrons. The number of hydrogen-bond donors (Lipinski definition) is 0. The molecule has 0 saturated heterocycles. The fraction of sp³-hybridized carbons (Fsp3) is 0.533. The molecule has 1 rings (SSSR count). The molecule has 0 aliphatic rings. The van der Waals surface area contributed by atoms with Crippen LogP contribution in [0.25, 0.3) is 0 Å². The van der Waals surface area contributed by atoms with Crippen molar-refractivity contribution in [3.63, 3.8) is 0 Å². The van der Waals surface area contributed by atoms with Crippen LogP contribution >= 0.6 is 15.9 Å². The Morgan fingerprint density at radius 1 is 1.37 bits per heavy atom. The van der Waals surface area contributed by atoms with E-state index in [0.717, 1.165) is 25.8 Å². The minimum absolute atomic E-state index is 0.0354. The van der Waals surface area contributed by atoms with Crippen molar-refractivity contribution in [2.45, 2.75) is 46.1 Å². The Labute approximate surface area is 123 Å². The van der Waals surface area contributed by atoms with Crippen molar-refractivity contribution >= 4 is 21.8 Å². The number of carbonyl (C=O) groups is 1. The Morgan fingerprint density at radius 2 is 2.05 bits per heavy atom. The van der Waals surface area contributed by atoms with E-state index >= 15 is 0 Å². The van der Waals surface area contributed by atoms with Crippen LogP contribution in [0.1, 0.15) is 50.4 Å². The summed E-state index contributed by atoms with van der Waals surface area (Å²) < 4.78 is 13.5. The highest BCUT2D eigenvalue weighted by molar-refractivity contribution is 9.10. The molecule has 0 heterocycles. The number of benzene rings is 1. The van der Waals surface area contributed by atoms with Crippen LogP contribution in [0.4, 0.5) is 4.39 Å². The first-order valence-electron chi connectivity index (χ1n) is 6.73. The number of halogens is 2. The quantitative estimate of drug-likeness (QED) is 0.697. The van der Waals surface area contributed by atoms with Gasteiger partial charge in [-0.05, 0) is 54.4 Å². The van der Waals surface area contributed by atoms with Crippen LogP contribution in [0.2, 0.25) is 0 Å². The number of rotatable bonds is 6. The number of hydrogen-bond acceptors (Lipinski definition) is 1. The van der Waals surface area contributed by atoms with Crippen molar-refractivity contribution in [1.82, 2.24) is 4.90 Å². The van der Waals surface area contributed by atoms with E-state index in [0.29, 0.717) is 10.0 Å². The normalized spacial score (nSPS) is 10.8. The predicted octanol–water partition coefficient (Wildman–Crippen LogP) is 4.63. The van der Waals surface area contributed by atoms with E-state index in [-0.39, 0.29) is 17.8 Å². The maximum Gasteiger partial charge on any atom is 0.254 e. The summed E-state index contributed by atoms with van der Waals surface area (Å²) in [6, 6.07) is 4.56. The third-order valence-electron chi connectivity index (χ3n) is 3.05. The van der Waals surface area contributed by atoms with Crippen molar-refractivity contribution in [3.8, 4) is 0 Å². The van der Waals surface area contributed by atoms with E-state index in [1.54, 1.807) is 6.07 Å². The van der Waals surface area contributed by atoms with Gasteiger partial charge < -0.3 is 4.90 Å². The minimum Gasteiger partial charge on any atom is -0.336 e. The van der Waals surface area contributed by atoms with Gasteiger partial charge in [0.2, 0.25) is 0 Å². The molecule has 0 N–H and O–H groups in total. The summed E-state index contributed by atoms with van der Waals surface area (Å²) in [5, 5.41) is 0. The Bertz CT molecular complexity index is 434. The molecule has 0 aliphatic carbocycles. The van der Waals surface area contributed by atoms with Gasteiger partial charge in [-0.15, -0.1) is 0 Å². The van der Waals surface area contributed by atoms with Crippen LogP contribution in [0, 0.1) is 5.82 Å². The lowest BCUT2D eigenvalue weighted by Crippen LogP contribution is -2.37. The van der Waals surface area contributed by atoms with Gasteiger partial charge in [0.25, 0.3) is 5.91 Å². The van der Waals surface area contributed by atoms with Crippen molar-refractivity contribution < 1.29 is 9.18 Å². The second kappa shape index (κ2) is 7.63. The average molecular weight is 330 g/mol. The second-order valence-electron chi connectivity index (χ2n) is 4.93. The molecular weight excluding hydrogens is 309 g/mol. The van der Waals surface area contributed by atoms with Crippen LogP contribution in [-0.4, -0.2) is 23.4 Å². The topological polar surface area (TPSA) is 20.3 Å². The number of amides is 1.